The zero-order chi connectivity index (χ0) is 10.9. The van der Waals surface area contributed by atoms with Crippen LogP contribution >= 0.6 is 0 Å². The van der Waals surface area contributed by atoms with Crippen molar-refractivity contribution in [3.63, 3.8) is 0 Å². The molecule has 0 N–H and O–H groups in total. The summed E-state index contributed by atoms with van der Waals surface area (Å²) in [4.78, 5) is 13.2. The van der Waals surface area contributed by atoms with Crippen LogP contribution in [0.3, 0.4) is 0 Å². The van der Waals surface area contributed by atoms with Gasteiger partial charge in [-0.2, -0.15) is 13.2 Å². The van der Waals surface area contributed by atoms with Crippen LogP contribution in [0.25, 0.3) is 0 Å². The first-order valence-electron chi connectivity index (χ1n) is 3.72. The van der Waals surface area contributed by atoms with Crippen LogP contribution in [0.2, 0.25) is 0 Å². The highest BCUT2D eigenvalue weighted by atomic mass is 19.4. The lowest BCUT2D eigenvalue weighted by Gasteiger charge is -2.26. The average Bonchev–Trinajstić information content (AvgIpc) is 2.34. The van der Waals surface area contributed by atoms with E-state index in [9.17, 15) is 18.0 Å². The Morgan fingerprint density at radius 1 is 1.29 bits per heavy atom. The third kappa shape index (κ3) is 2.09. The quantitative estimate of drug-likeness (QED) is 0.597. The summed E-state index contributed by atoms with van der Waals surface area (Å²) >= 11 is 0. The molecule has 1 heterocycles. The van der Waals surface area contributed by atoms with Crippen molar-refractivity contribution in [1.29, 1.82) is 0 Å². The van der Waals surface area contributed by atoms with Crippen LogP contribution < -0.4 is 0 Å². The maximum atomic E-state index is 11.8. The summed E-state index contributed by atoms with van der Waals surface area (Å²) in [5, 5.41) is 0. The average molecular weight is 210 g/mol. The van der Waals surface area contributed by atoms with Crippen LogP contribution in [0, 0.1) is 0 Å². The van der Waals surface area contributed by atoms with Crippen molar-refractivity contribution in [3.05, 3.63) is 12.4 Å². The van der Waals surface area contributed by atoms with Crippen LogP contribution in [0.15, 0.2) is 12.4 Å². The second kappa shape index (κ2) is 3.39. The van der Waals surface area contributed by atoms with Gasteiger partial charge in [0.05, 0.1) is 0 Å². The Hall–Kier alpha value is -1.40. The summed E-state index contributed by atoms with van der Waals surface area (Å²) < 4.78 is 39.7. The van der Waals surface area contributed by atoms with Gasteiger partial charge in [-0.05, 0) is 0 Å². The van der Waals surface area contributed by atoms with Crippen molar-refractivity contribution >= 4 is 5.97 Å². The van der Waals surface area contributed by atoms with Gasteiger partial charge in [0.1, 0.15) is 0 Å². The fraction of sp³-hybridized carbons (Fsp3) is 0.571. The Morgan fingerprint density at radius 3 is 2.07 bits per heavy atom. The fourth-order valence-corrected chi connectivity index (χ4v) is 0.974. The summed E-state index contributed by atoms with van der Waals surface area (Å²) in [6, 6.07) is 0. The molecular formula is C7H9F3N2O2. The van der Waals surface area contributed by atoms with Gasteiger partial charge in [0.15, 0.2) is 0 Å². The molecule has 0 amide bonds. The zero-order valence-corrected chi connectivity index (χ0v) is 7.58. The monoisotopic (exact) mass is 210 g/mol. The Kier molecular flexibility index (Phi) is 2.59. The minimum Gasteiger partial charge on any atom is -0.416 e. The van der Waals surface area contributed by atoms with Crippen molar-refractivity contribution in [3.8, 4) is 0 Å². The van der Waals surface area contributed by atoms with Gasteiger partial charge < -0.3 is 14.5 Å². The maximum Gasteiger partial charge on any atom is 0.491 e. The highest BCUT2D eigenvalue weighted by Gasteiger charge is 2.43. The summed E-state index contributed by atoms with van der Waals surface area (Å²) in [7, 11) is 3.02. The van der Waals surface area contributed by atoms with Gasteiger partial charge >= 0.3 is 12.1 Å². The minimum absolute atomic E-state index is 1.02. The van der Waals surface area contributed by atoms with E-state index in [1.807, 2.05) is 0 Å². The van der Waals surface area contributed by atoms with Crippen LogP contribution in [-0.2, 0) is 9.53 Å². The summed E-state index contributed by atoms with van der Waals surface area (Å²) in [6.07, 6.45) is -2.96. The van der Waals surface area contributed by atoms with Crippen molar-refractivity contribution in [2.24, 2.45) is 0 Å². The lowest BCUT2D eigenvalue weighted by atomic mass is 10.6. The van der Waals surface area contributed by atoms with Crippen molar-refractivity contribution in [1.82, 2.24) is 9.80 Å². The number of rotatable bonds is 1. The first kappa shape index (κ1) is 10.7. The Balaban J connectivity index is 2.58. The molecule has 0 spiro atoms. The van der Waals surface area contributed by atoms with E-state index in [1.165, 1.54) is 36.3 Å². The van der Waals surface area contributed by atoms with Gasteiger partial charge in [-0.3, -0.25) is 0 Å². The van der Waals surface area contributed by atoms with Gasteiger partial charge in [-0.1, -0.05) is 0 Å². The molecule has 0 saturated heterocycles. The number of hydrogen-bond donors (Lipinski definition) is 0. The molecule has 1 aliphatic rings. The Labute approximate surface area is 78.5 Å². The molecule has 1 rings (SSSR count). The van der Waals surface area contributed by atoms with Gasteiger partial charge in [-0.25, -0.2) is 4.79 Å². The predicted octanol–water partition coefficient (Wildman–Crippen LogP) is 0.724. The highest BCUT2D eigenvalue weighted by molar-refractivity contribution is 5.75. The number of halogens is 3. The molecule has 14 heavy (non-hydrogen) atoms. The van der Waals surface area contributed by atoms with E-state index < -0.39 is 18.5 Å². The van der Waals surface area contributed by atoms with E-state index in [0.717, 1.165) is 0 Å². The zero-order valence-electron chi connectivity index (χ0n) is 7.58. The summed E-state index contributed by atoms with van der Waals surface area (Å²) in [5.41, 5.74) is 0. The topological polar surface area (TPSA) is 32.8 Å². The first-order valence-corrected chi connectivity index (χ1v) is 3.72. The fourth-order valence-electron chi connectivity index (χ4n) is 0.974. The molecule has 7 heteroatoms. The van der Waals surface area contributed by atoms with Gasteiger partial charge in [0.2, 0.25) is 0 Å². The predicted molar refractivity (Wildman–Crippen MR) is 40.6 cm³/mol. The van der Waals surface area contributed by atoms with E-state index >= 15 is 0 Å². The lowest BCUT2D eigenvalue weighted by molar-refractivity contribution is -0.217. The van der Waals surface area contributed by atoms with Crippen molar-refractivity contribution in [2.75, 3.05) is 14.1 Å². The standard InChI is InChI=1S/C7H9F3N2O2/c1-11-3-4-12(2)6(11)14-5(13)7(8,9)10/h3-4,6H,1-2H3. The number of nitrogens with zero attached hydrogens (tertiary/aromatic N) is 2. The molecule has 1 aliphatic heterocycles. The van der Waals surface area contributed by atoms with Crippen LogP contribution in [0.4, 0.5) is 13.2 Å². The number of alkyl halides is 3. The van der Waals surface area contributed by atoms with E-state index in [2.05, 4.69) is 4.74 Å². The van der Waals surface area contributed by atoms with E-state index in [0.29, 0.717) is 0 Å². The van der Waals surface area contributed by atoms with Gasteiger partial charge in [-0.15, -0.1) is 0 Å². The van der Waals surface area contributed by atoms with Gasteiger partial charge in [0, 0.05) is 26.5 Å². The third-order valence-electron chi connectivity index (χ3n) is 1.68. The van der Waals surface area contributed by atoms with Gasteiger partial charge in [0.25, 0.3) is 6.35 Å². The molecule has 0 unspecified atom stereocenters. The number of esters is 1. The number of hydrogen-bond acceptors (Lipinski definition) is 4. The number of carbonyl (C=O) groups excluding carboxylic acids is 1. The molecular weight excluding hydrogens is 201 g/mol. The van der Waals surface area contributed by atoms with Crippen molar-refractivity contribution < 1.29 is 22.7 Å². The molecule has 0 atom stereocenters. The lowest BCUT2D eigenvalue weighted by Crippen LogP contribution is -2.41. The molecule has 0 bridgehead atoms. The molecule has 80 valence electrons. The molecule has 0 aromatic carbocycles. The minimum atomic E-state index is -4.95. The summed E-state index contributed by atoms with van der Waals surface area (Å²) in [6.45, 7) is 0. The maximum absolute atomic E-state index is 11.8. The molecule has 0 aliphatic carbocycles. The van der Waals surface area contributed by atoms with Crippen LogP contribution in [0.5, 0.6) is 0 Å². The SMILES string of the molecule is CN1C=CN(C)C1OC(=O)C(F)(F)F. The van der Waals surface area contributed by atoms with E-state index in [4.69, 9.17) is 0 Å². The Morgan fingerprint density at radius 2 is 1.71 bits per heavy atom. The number of ether oxygens (including phenoxy) is 1. The molecule has 0 fully saturated rings. The van der Waals surface area contributed by atoms with Crippen LogP contribution in [-0.4, -0.2) is 42.4 Å². The van der Waals surface area contributed by atoms with E-state index in [1.54, 1.807) is 0 Å². The normalized spacial score (nSPS) is 17.8. The molecule has 0 saturated carbocycles. The number of carbonyl (C=O) groups is 1. The molecule has 4 nitrogen and oxygen atoms in total. The smallest absolute Gasteiger partial charge is 0.416 e. The highest BCUT2D eigenvalue weighted by Crippen LogP contribution is 2.20. The molecule has 0 aromatic heterocycles. The van der Waals surface area contributed by atoms with Crippen LogP contribution in [0.1, 0.15) is 0 Å². The summed E-state index contributed by atoms with van der Waals surface area (Å²) in [5.74, 6) is -2.19. The van der Waals surface area contributed by atoms with Crippen molar-refractivity contribution in [2.45, 2.75) is 12.5 Å². The second-order valence-electron chi connectivity index (χ2n) is 2.86. The largest absolute Gasteiger partial charge is 0.491 e. The molecule has 0 aromatic rings. The van der Waals surface area contributed by atoms with E-state index in [-0.39, 0.29) is 0 Å². The Bertz CT molecular complexity index is 252. The second-order valence-corrected chi connectivity index (χ2v) is 2.86. The molecule has 0 radical (unpaired) electrons. The first-order chi connectivity index (χ1) is 6.32. The third-order valence-corrected chi connectivity index (χ3v) is 1.68.